The molecule has 0 amide bonds. The fourth-order valence-electron chi connectivity index (χ4n) is 2.04. The van der Waals surface area contributed by atoms with Crippen LogP contribution in [0.15, 0.2) is 34.2 Å². The molecule has 0 saturated heterocycles. The summed E-state index contributed by atoms with van der Waals surface area (Å²) in [6.07, 6.45) is 2.56. The van der Waals surface area contributed by atoms with E-state index >= 15 is 0 Å². The standard InChI is InChI=1S/C14H13BrFN3OS/c1-8(17)6-12-13(18-14-19(12)4-5-21-14)20-9-2-3-10(15)11(16)7-9/h2-5,7-8H,6,17H2,1H3. The second-order valence-electron chi connectivity index (χ2n) is 4.78. The molecule has 4 nitrogen and oxygen atoms in total. The third-order valence-corrected chi connectivity index (χ3v) is 4.34. The number of nitrogens with zero attached hydrogens (tertiary/aromatic N) is 2. The van der Waals surface area contributed by atoms with E-state index in [9.17, 15) is 4.39 Å². The molecular formula is C14H13BrFN3OS. The minimum Gasteiger partial charge on any atom is -0.437 e. The maximum absolute atomic E-state index is 13.6. The second-order valence-corrected chi connectivity index (χ2v) is 6.51. The zero-order valence-electron chi connectivity index (χ0n) is 11.2. The van der Waals surface area contributed by atoms with Gasteiger partial charge in [0.15, 0.2) is 4.96 Å². The van der Waals surface area contributed by atoms with Gasteiger partial charge >= 0.3 is 0 Å². The molecule has 0 fully saturated rings. The highest BCUT2D eigenvalue weighted by atomic mass is 79.9. The number of nitrogens with two attached hydrogens (primary N) is 1. The van der Waals surface area contributed by atoms with Crippen LogP contribution in [0.4, 0.5) is 4.39 Å². The van der Waals surface area contributed by atoms with Gasteiger partial charge in [-0.25, -0.2) is 4.39 Å². The third kappa shape index (κ3) is 2.95. The van der Waals surface area contributed by atoms with Gasteiger partial charge in [0.1, 0.15) is 11.6 Å². The smallest absolute Gasteiger partial charge is 0.242 e. The van der Waals surface area contributed by atoms with Crippen molar-refractivity contribution < 1.29 is 9.13 Å². The Balaban J connectivity index is 1.98. The predicted octanol–water partition coefficient (Wildman–Crippen LogP) is 3.98. The number of imidazole rings is 1. The largest absolute Gasteiger partial charge is 0.437 e. The molecule has 2 N–H and O–H groups in total. The molecule has 0 aliphatic heterocycles. The Morgan fingerprint density at radius 1 is 1.52 bits per heavy atom. The molecule has 0 aliphatic rings. The SMILES string of the molecule is CC(N)Cc1c(Oc2ccc(Br)c(F)c2)nc2sccn12. The molecule has 3 rings (SSSR count). The van der Waals surface area contributed by atoms with Crippen molar-refractivity contribution in [2.45, 2.75) is 19.4 Å². The number of thiazole rings is 1. The molecule has 21 heavy (non-hydrogen) atoms. The molecule has 2 heterocycles. The van der Waals surface area contributed by atoms with Crippen LogP contribution in [0.3, 0.4) is 0 Å². The second kappa shape index (κ2) is 5.75. The van der Waals surface area contributed by atoms with Crippen LogP contribution < -0.4 is 10.5 Å². The first kappa shape index (κ1) is 14.5. The molecule has 0 aliphatic carbocycles. The van der Waals surface area contributed by atoms with Gasteiger partial charge in [0.25, 0.3) is 0 Å². The van der Waals surface area contributed by atoms with E-state index in [1.54, 1.807) is 12.1 Å². The van der Waals surface area contributed by atoms with Gasteiger partial charge in [0, 0.05) is 30.1 Å². The summed E-state index contributed by atoms with van der Waals surface area (Å²) in [6, 6.07) is 4.60. The molecule has 1 aromatic carbocycles. The normalized spacial score (nSPS) is 12.8. The van der Waals surface area contributed by atoms with Crippen LogP contribution in [0.5, 0.6) is 11.6 Å². The first-order valence-corrected chi connectivity index (χ1v) is 8.05. The van der Waals surface area contributed by atoms with E-state index < -0.39 is 0 Å². The first-order chi connectivity index (χ1) is 10.0. The quantitative estimate of drug-likeness (QED) is 0.756. The van der Waals surface area contributed by atoms with Crippen LogP contribution in [0.2, 0.25) is 0 Å². The van der Waals surface area contributed by atoms with Gasteiger partial charge < -0.3 is 10.5 Å². The van der Waals surface area contributed by atoms with Crippen LogP contribution in [0.1, 0.15) is 12.6 Å². The highest BCUT2D eigenvalue weighted by Gasteiger charge is 2.17. The number of ether oxygens (including phenoxy) is 1. The van der Waals surface area contributed by atoms with Crippen molar-refractivity contribution >= 4 is 32.2 Å². The zero-order valence-corrected chi connectivity index (χ0v) is 13.6. The van der Waals surface area contributed by atoms with Crippen molar-refractivity contribution in [3.05, 3.63) is 45.8 Å². The Morgan fingerprint density at radius 2 is 2.33 bits per heavy atom. The Morgan fingerprint density at radius 3 is 3.05 bits per heavy atom. The fourth-order valence-corrected chi connectivity index (χ4v) is 3.01. The van der Waals surface area contributed by atoms with Crippen LogP contribution in [-0.2, 0) is 6.42 Å². The van der Waals surface area contributed by atoms with Gasteiger partial charge in [0.2, 0.25) is 5.88 Å². The van der Waals surface area contributed by atoms with Crippen LogP contribution in [-0.4, -0.2) is 15.4 Å². The Kier molecular flexibility index (Phi) is 3.97. The molecule has 0 radical (unpaired) electrons. The predicted molar refractivity (Wildman–Crippen MR) is 84.6 cm³/mol. The van der Waals surface area contributed by atoms with Crippen LogP contribution >= 0.6 is 27.3 Å². The Labute approximate surface area is 133 Å². The fraction of sp³-hybridized carbons (Fsp3) is 0.214. The summed E-state index contributed by atoms with van der Waals surface area (Å²) in [4.78, 5) is 5.27. The van der Waals surface area contributed by atoms with Crippen molar-refractivity contribution in [2.75, 3.05) is 0 Å². The van der Waals surface area contributed by atoms with Gasteiger partial charge in [-0.15, -0.1) is 11.3 Å². The summed E-state index contributed by atoms with van der Waals surface area (Å²) in [7, 11) is 0. The van der Waals surface area contributed by atoms with Crippen molar-refractivity contribution in [3.8, 4) is 11.6 Å². The van der Waals surface area contributed by atoms with E-state index in [1.165, 1.54) is 17.4 Å². The lowest BCUT2D eigenvalue weighted by Gasteiger charge is -2.08. The molecule has 0 bridgehead atoms. The van der Waals surface area contributed by atoms with Crippen molar-refractivity contribution in [1.82, 2.24) is 9.38 Å². The highest BCUT2D eigenvalue weighted by molar-refractivity contribution is 9.10. The van der Waals surface area contributed by atoms with E-state index in [-0.39, 0.29) is 11.9 Å². The van der Waals surface area contributed by atoms with Crippen molar-refractivity contribution in [1.29, 1.82) is 0 Å². The summed E-state index contributed by atoms with van der Waals surface area (Å²) in [6.45, 7) is 1.93. The molecule has 110 valence electrons. The molecule has 2 aromatic heterocycles. The molecule has 7 heteroatoms. The van der Waals surface area contributed by atoms with Crippen LogP contribution in [0.25, 0.3) is 4.96 Å². The lowest BCUT2D eigenvalue weighted by atomic mass is 10.2. The van der Waals surface area contributed by atoms with Gasteiger partial charge in [-0.2, -0.15) is 4.98 Å². The zero-order chi connectivity index (χ0) is 15.0. The van der Waals surface area contributed by atoms with E-state index in [2.05, 4.69) is 20.9 Å². The molecule has 3 aromatic rings. The molecule has 0 spiro atoms. The third-order valence-electron chi connectivity index (χ3n) is 2.95. The van der Waals surface area contributed by atoms with Gasteiger partial charge in [0.05, 0.1) is 10.2 Å². The van der Waals surface area contributed by atoms with Gasteiger partial charge in [-0.3, -0.25) is 4.40 Å². The summed E-state index contributed by atoms with van der Waals surface area (Å²) in [5.41, 5.74) is 6.78. The van der Waals surface area contributed by atoms with E-state index in [1.807, 2.05) is 22.9 Å². The lowest BCUT2D eigenvalue weighted by molar-refractivity contribution is 0.452. The highest BCUT2D eigenvalue weighted by Crippen LogP contribution is 2.30. The van der Waals surface area contributed by atoms with E-state index in [0.717, 1.165) is 10.7 Å². The number of aromatic nitrogens is 2. The van der Waals surface area contributed by atoms with E-state index in [4.69, 9.17) is 10.5 Å². The number of hydrogen-bond acceptors (Lipinski definition) is 4. The number of rotatable bonds is 4. The number of halogens is 2. The summed E-state index contributed by atoms with van der Waals surface area (Å²) in [5, 5.41) is 1.95. The van der Waals surface area contributed by atoms with Gasteiger partial charge in [-0.1, -0.05) is 0 Å². The summed E-state index contributed by atoms with van der Waals surface area (Å²) >= 11 is 4.63. The van der Waals surface area contributed by atoms with Crippen molar-refractivity contribution in [3.63, 3.8) is 0 Å². The van der Waals surface area contributed by atoms with Crippen molar-refractivity contribution in [2.24, 2.45) is 5.73 Å². The number of hydrogen-bond donors (Lipinski definition) is 1. The molecular weight excluding hydrogens is 357 g/mol. The molecule has 1 unspecified atom stereocenters. The maximum atomic E-state index is 13.6. The number of benzene rings is 1. The Hall–Kier alpha value is -1.44. The van der Waals surface area contributed by atoms with E-state index in [0.29, 0.717) is 22.5 Å². The minimum atomic E-state index is -0.373. The first-order valence-electron chi connectivity index (χ1n) is 6.37. The molecule has 0 saturated carbocycles. The maximum Gasteiger partial charge on any atom is 0.242 e. The minimum absolute atomic E-state index is 0.0196. The molecule has 1 atom stereocenters. The lowest BCUT2D eigenvalue weighted by Crippen LogP contribution is -2.19. The van der Waals surface area contributed by atoms with Crippen LogP contribution in [0, 0.1) is 5.82 Å². The Bertz CT molecular complexity index is 784. The summed E-state index contributed by atoms with van der Waals surface area (Å²) in [5.74, 6) is 0.510. The average molecular weight is 370 g/mol. The topological polar surface area (TPSA) is 52.5 Å². The van der Waals surface area contributed by atoms with Gasteiger partial charge in [-0.05, 0) is 35.0 Å². The number of fused-ring (bicyclic) bond motifs is 1. The average Bonchev–Trinajstić information content (AvgIpc) is 2.97. The monoisotopic (exact) mass is 369 g/mol. The summed E-state index contributed by atoms with van der Waals surface area (Å²) < 4.78 is 21.7.